The maximum atomic E-state index is 13.1. The van der Waals surface area contributed by atoms with Crippen molar-refractivity contribution in [2.45, 2.75) is 45.6 Å². The number of thiophene rings is 1. The zero-order valence-corrected chi connectivity index (χ0v) is 17.0. The van der Waals surface area contributed by atoms with Crippen molar-refractivity contribution in [1.29, 1.82) is 0 Å². The molecule has 1 N–H and O–H groups in total. The Morgan fingerprint density at radius 3 is 2.41 bits per heavy atom. The molecule has 1 saturated heterocycles. The summed E-state index contributed by atoms with van der Waals surface area (Å²) in [5.41, 5.74) is 0. The zero-order chi connectivity index (χ0) is 19.4. The number of hydrogen-bond donors (Lipinski definition) is 1. The van der Waals surface area contributed by atoms with E-state index in [0.717, 1.165) is 24.1 Å². The van der Waals surface area contributed by atoms with Gasteiger partial charge in [0.2, 0.25) is 17.7 Å². The van der Waals surface area contributed by atoms with E-state index in [-0.39, 0.29) is 29.6 Å². The number of carbonyl (C=O) groups is 3. The second-order valence-electron chi connectivity index (χ2n) is 7.61. The van der Waals surface area contributed by atoms with Crippen LogP contribution in [0.25, 0.3) is 0 Å². The number of rotatable bonds is 7. The van der Waals surface area contributed by atoms with Crippen LogP contribution < -0.4 is 5.32 Å². The SMILES string of the molecule is CCC(C)C(NC(=O)Cc1cccs1)C(=O)N1CCN(C(=O)C2CC2)CC1. The lowest BCUT2D eigenvalue weighted by Crippen LogP contribution is -2.57. The van der Waals surface area contributed by atoms with Crippen LogP contribution >= 0.6 is 11.3 Å². The lowest BCUT2D eigenvalue weighted by molar-refractivity contribution is -0.143. The van der Waals surface area contributed by atoms with Crippen molar-refractivity contribution < 1.29 is 14.4 Å². The van der Waals surface area contributed by atoms with Gasteiger partial charge < -0.3 is 15.1 Å². The largest absolute Gasteiger partial charge is 0.344 e. The summed E-state index contributed by atoms with van der Waals surface area (Å²) in [6.45, 7) is 6.31. The first-order valence-corrected chi connectivity index (χ1v) is 10.8. The van der Waals surface area contributed by atoms with Gasteiger partial charge in [-0.05, 0) is 30.2 Å². The molecule has 0 aromatic carbocycles. The van der Waals surface area contributed by atoms with E-state index in [0.29, 0.717) is 32.6 Å². The van der Waals surface area contributed by atoms with Crippen LogP contribution in [-0.4, -0.2) is 59.7 Å². The summed E-state index contributed by atoms with van der Waals surface area (Å²) in [4.78, 5) is 42.4. The molecular formula is C20H29N3O3S. The number of nitrogens with one attached hydrogen (secondary N) is 1. The molecule has 2 heterocycles. The fourth-order valence-electron chi connectivity index (χ4n) is 3.41. The standard InChI is InChI=1S/C20H29N3O3S/c1-3-14(2)18(21-17(24)13-16-5-4-12-27-16)20(26)23-10-8-22(9-11-23)19(25)15-6-7-15/h4-5,12,14-15,18H,3,6-11,13H2,1-2H3,(H,21,24). The van der Waals surface area contributed by atoms with Crippen LogP contribution in [-0.2, 0) is 20.8 Å². The van der Waals surface area contributed by atoms with E-state index in [4.69, 9.17) is 0 Å². The topological polar surface area (TPSA) is 69.7 Å². The highest BCUT2D eigenvalue weighted by atomic mass is 32.1. The molecule has 0 radical (unpaired) electrons. The first-order valence-electron chi connectivity index (χ1n) is 9.89. The molecule has 1 aromatic rings. The van der Waals surface area contributed by atoms with Gasteiger partial charge in [-0.1, -0.05) is 26.3 Å². The average molecular weight is 392 g/mol. The van der Waals surface area contributed by atoms with Crippen LogP contribution in [0.5, 0.6) is 0 Å². The quantitative estimate of drug-likeness (QED) is 0.772. The Morgan fingerprint density at radius 2 is 1.85 bits per heavy atom. The minimum absolute atomic E-state index is 0.0256. The highest BCUT2D eigenvalue weighted by molar-refractivity contribution is 7.10. The molecule has 2 atom stereocenters. The van der Waals surface area contributed by atoms with E-state index in [1.54, 1.807) is 16.2 Å². The van der Waals surface area contributed by atoms with Gasteiger partial charge in [-0.15, -0.1) is 11.3 Å². The summed E-state index contributed by atoms with van der Waals surface area (Å²) in [6, 6.07) is 3.35. The lowest BCUT2D eigenvalue weighted by Gasteiger charge is -2.37. The number of piperazine rings is 1. The molecule has 0 spiro atoms. The Bertz CT molecular complexity index is 664. The van der Waals surface area contributed by atoms with Crippen molar-refractivity contribution in [3.8, 4) is 0 Å². The van der Waals surface area contributed by atoms with Gasteiger partial charge in [0.1, 0.15) is 6.04 Å². The van der Waals surface area contributed by atoms with Gasteiger partial charge in [0.15, 0.2) is 0 Å². The van der Waals surface area contributed by atoms with Gasteiger partial charge in [0.25, 0.3) is 0 Å². The molecule has 3 rings (SSSR count). The van der Waals surface area contributed by atoms with Crippen LogP contribution in [0.4, 0.5) is 0 Å². The van der Waals surface area contributed by atoms with Crippen molar-refractivity contribution in [1.82, 2.24) is 15.1 Å². The third-order valence-corrected chi connectivity index (χ3v) is 6.42. The van der Waals surface area contributed by atoms with Crippen molar-refractivity contribution in [2.24, 2.45) is 11.8 Å². The molecule has 148 valence electrons. The zero-order valence-electron chi connectivity index (χ0n) is 16.1. The first kappa shape index (κ1) is 19.9. The van der Waals surface area contributed by atoms with Crippen molar-refractivity contribution >= 4 is 29.1 Å². The van der Waals surface area contributed by atoms with Gasteiger partial charge in [-0.25, -0.2) is 0 Å². The van der Waals surface area contributed by atoms with Crippen LogP contribution in [0.2, 0.25) is 0 Å². The summed E-state index contributed by atoms with van der Waals surface area (Å²) in [5.74, 6) is 0.387. The van der Waals surface area contributed by atoms with Crippen molar-refractivity contribution in [2.75, 3.05) is 26.2 Å². The molecule has 1 saturated carbocycles. The smallest absolute Gasteiger partial charge is 0.245 e. The summed E-state index contributed by atoms with van der Waals surface area (Å²) < 4.78 is 0. The fourth-order valence-corrected chi connectivity index (χ4v) is 4.11. The van der Waals surface area contributed by atoms with E-state index in [9.17, 15) is 14.4 Å². The molecule has 2 fully saturated rings. The van der Waals surface area contributed by atoms with Gasteiger partial charge in [0, 0.05) is 37.0 Å². The monoisotopic (exact) mass is 391 g/mol. The fraction of sp³-hybridized carbons (Fsp3) is 0.650. The summed E-state index contributed by atoms with van der Waals surface area (Å²) in [5, 5.41) is 4.91. The molecule has 1 aliphatic carbocycles. The molecule has 27 heavy (non-hydrogen) atoms. The summed E-state index contributed by atoms with van der Waals surface area (Å²) >= 11 is 1.55. The molecule has 0 bridgehead atoms. The van der Waals surface area contributed by atoms with Gasteiger partial charge in [-0.2, -0.15) is 0 Å². The Morgan fingerprint density at radius 1 is 1.19 bits per heavy atom. The third-order valence-electron chi connectivity index (χ3n) is 5.54. The van der Waals surface area contributed by atoms with Crippen LogP contribution in [0.1, 0.15) is 38.0 Å². The molecular weight excluding hydrogens is 362 g/mol. The van der Waals surface area contributed by atoms with Gasteiger partial charge in [-0.3, -0.25) is 14.4 Å². The first-order chi connectivity index (χ1) is 13.0. The molecule has 2 unspecified atom stereocenters. The maximum Gasteiger partial charge on any atom is 0.245 e. The predicted octanol–water partition coefficient (Wildman–Crippen LogP) is 1.90. The van der Waals surface area contributed by atoms with Crippen molar-refractivity contribution in [3.05, 3.63) is 22.4 Å². The Balaban J connectivity index is 1.56. The summed E-state index contributed by atoms with van der Waals surface area (Å²) in [7, 11) is 0. The minimum Gasteiger partial charge on any atom is -0.344 e. The van der Waals surface area contributed by atoms with E-state index >= 15 is 0 Å². The number of carbonyl (C=O) groups excluding carboxylic acids is 3. The summed E-state index contributed by atoms with van der Waals surface area (Å²) in [6.07, 6.45) is 3.13. The number of hydrogen-bond acceptors (Lipinski definition) is 4. The molecule has 2 aliphatic rings. The van der Waals surface area contributed by atoms with Gasteiger partial charge in [0.05, 0.1) is 6.42 Å². The van der Waals surface area contributed by atoms with E-state index < -0.39 is 6.04 Å². The number of nitrogens with zero attached hydrogens (tertiary/aromatic N) is 2. The predicted molar refractivity (Wildman–Crippen MR) is 105 cm³/mol. The second kappa shape index (κ2) is 8.87. The van der Waals surface area contributed by atoms with E-state index in [1.165, 1.54) is 0 Å². The highest BCUT2D eigenvalue weighted by Gasteiger charge is 2.37. The molecule has 7 heteroatoms. The second-order valence-corrected chi connectivity index (χ2v) is 8.64. The lowest BCUT2D eigenvalue weighted by atomic mass is 9.97. The number of amides is 3. The van der Waals surface area contributed by atoms with Crippen molar-refractivity contribution in [3.63, 3.8) is 0 Å². The third kappa shape index (κ3) is 5.09. The van der Waals surface area contributed by atoms with Crippen LogP contribution in [0, 0.1) is 11.8 Å². The minimum atomic E-state index is -0.506. The molecule has 1 aliphatic heterocycles. The molecule has 1 aromatic heterocycles. The Kier molecular flexibility index (Phi) is 6.52. The van der Waals surface area contributed by atoms with Crippen LogP contribution in [0.15, 0.2) is 17.5 Å². The Labute approximate surface area is 164 Å². The van der Waals surface area contributed by atoms with Crippen LogP contribution in [0.3, 0.4) is 0 Å². The maximum absolute atomic E-state index is 13.1. The highest BCUT2D eigenvalue weighted by Crippen LogP contribution is 2.31. The van der Waals surface area contributed by atoms with Gasteiger partial charge >= 0.3 is 0 Å². The van der Waals surface area contributed by atoms with E-state index in [2.05, 4.69) is 5.32 Å². The average Bonchev–Trinajstić information content (AvgIpc) is 3.42. The van der Waals surface area contributed by atoms with E-state index in [1.807, 2.05) is 36.3 Å². The normalized spacial score (nSPS) is 19.5. The molecule has 6 nitrogen and oxygen atoms in total. The molecule has 3 amide bonds. The Hall–Kier alpha value is -1.89.